The normalized spacial score (nSPS) is 20.0. The number of H-pyrrole nitrogens is 1. The minimum Gasteiger partial charge on any atom is -0.497 e. The molecule has 0 aliphatic carbocycles. The first-order chi connectivity index (χ1) is 36.3. The van der Waals surface area contributed by atoms with Crippen molar-refractivity contribution in [3.63, 3.8) is 0 Å². The molecular formula is C52H55N11O11S. The molecule has 0 radical (unpaired) electrons. The van der Waals surface area contributed by atoms with Gasteiger partial charge in [0.15, 0.2) is 28.1 Å². The number of nitrogens with one attached hydrogen (secondary N) is 4. The van der Waals surface area contributed by atoms with Crippen molar-refractivity contribution < 1.29 is 46.2 Å². The number of amides is 1. The van der Waals surface area contributed by atoms with E-state index in [-0.39, 0.29) is 66.3 Å². The van der Waals surface area contributed by atoms with Gasteiger partial charge in [-0.15, -0.1) is 0 Å². The second kappa shape index (κ2) is 21.7. The van der Waals surface area contributed by atoms with Crippen molar-refractivity contribution >= 4 is 50.3 Å². The van der Waals surface area contributed by atoms with Crippen molar-refractivity contribution in [2.24, 2.45) is 5.92 Å². The average molecular weight is 1040 g/mol. The summed E-state index contributed by atoms with van der Waals surface area (Å²) in [6, 6.07) is 33.2. The monoisotopic (exact) mass is 1040 g/mol. The fourth-order valence-electron chi connectivity index (χ4n) is 9.30. The first-order valence-electron chi connectivity index (χ1n) is 24.2. The number of anilines is 2. The quantitative estimate of drug-likeness (QED) is 0.0593. The van der Waals surface area contributed by atoms with Crippen molar-refractivity contribution in [3.8, 4) is 11.5 Å². The Bertz CT molecular complexity index is 3390. The summed E-state index contributed by atoms with van der Waals surface area (Å²) in [6.07, 6.45) is -2.01. The highest BCUT2D eigenvalue weighted by Gasteiger charge is 2.45. The van der Waals surface area contributed by atoms with Crippen molar-refractivity contribution in [2.75, 3.05) is 44.5 Å². The van der Waals surface area contributed by atoms with E-state index in [1.165, 1.54) is 19.0 Å². The van der Waals surface area contributed by atoms with Gasteiger partial charge in [0.05, 0.1) is 45.7 Å². The van der Waals surface area contributed by atoms with Crippen LogP contribution in [0.5, 0.6) is 11.5 Å². The molecule has 4 aromatic carbocycles. The predicted molar refractivity (Wildman–Crippen MR) is 274 cm³/mol. The first kappa shape index (κ1) is 50.9. The van der Waals surface area contributed by atoms with Crippen molar-refractivity contribution in [1.29, 1.82) is 0 Å². The van der Waals surface area contributed by atoms with E-state index in [9.17, 15) is 23.1 Å². The van der Waals surface area contributed by atoms with Gasteiger partial charge >= 0.3 is 10.3 Å². The van der Waals surface area contributed by atoms with Gasteiger partial charge in [0, 0.05) is 31.5 Å². The molecule has 23 heteroatoms. The lowest BCUT2D eigenvalue weighted by Crippen LogP contribution is -2.42. The molecule has 75 heavy (non-hydrogen) atoms. The summed E-state index contributed by atoms with van der Waals surface area (Å²) >= 11 is 0. The molecule has 8 aromatic rings. The van der Waals surface area contributed by atoms with Gasteiger partial charge in [-0.2, -0.15) is 18.1 Å². The Labute approximate surface area is 430 Å². The number of hydrogen-bond acceptors (Lipinski definition) is 17. The highest BCUT2D eigenvalue weighted by molar-refractivity contribution is 7.84. The van der Waals surface area contributed by atoms with Crippen LogP contribution in [0.25, 0.3) is 22.3 Å². The molecule has 6 heterocycles. The molecule has 2 fully saturated rings. The maximum atomic E-state index is 14.2. The summed E-state index contributed by atoms with van der Waals surface area (Å²) in [5, 5.41) is 17.2. The standard InChI is InChI=1S/C52H55N11O11S/c1-31(2)25-53-51-60-48-45(50(66)61-51)57-30-63(48)43-24-39(41(73-43)27-71-52(33-13-9-6-10-14-33,34-15-19-36(69-3)20-16-34)35-17-21-37(70-4)22-18-35)74-75(67,68)58-26-40-38(64)23-42(72-40)62-29-56-44-46(54-28-55-47(44)62)59-49(65)32-11-7-5-8-12-32/h5-22,28-31,38-43,58,64H,23-27H2,1-4H3,(H2,53,60,61,66)(H,54,55,59,65)/t38-,39-,40+,41+,42+,43+/m0/s1. The van der Waals surface area contributed by atoms with Gasteiger partial charge in [0.1, 0.15) is 48.1 Å². The smallest absolute Gasteiger partial charge is 0.336 e. The molecular weight excluding hydrogens is 987 g/mol. The van der Waals surface area contributed by atoms with Gasteiger partial charge < -0.3 is 39.4 Å². The van der Waals surface area contributed by atoms with Crippen LogP contribution in [0.3, 0.4) is 0 Å². The molecule has 390 valence electrons. The Morgan fingerprint density at radius 1 is 0.787 bits per heavy atom. The number of hydrogen-bond donors (Lipinski definition) is 5. The molecule has 0 saturated carbocycles. The summed E-state index contributed by atoms with van der Waals surface area (Å²) in [4.78, 5) is 51.1. The number of aromatic nitrogens is 8. The number of benzene rings is 4. The number of ether oxygens (including phenoxy) is 5. The Kier molecular flexibility index (Phi) is 14.7. The maximum Gasteiger partial charge on any atom is 0.336 e. The number of aromatic amines is 1. The summed E-state index contributed by atoms with van der Waals surface area (Å²) in [7, 11) is -1.47. The zero-order chi connectivity index (χ0) is 52.3. The van der Waals surface area contributed by atoms with E-state index >= 15 is 0 Å². The largest absolute Gasteiger partial charge is 0.497 e. The molecule has 4 aromatic heterocycles. The Hall–Kier alpha value is -7.64. The van der Waals surface area contributed by atoms with Crippen LogP contribution >= 0.6 is 0 Å². The Balaban J connectivity index is 0.921. The molecule has 0 bridgehead atoms. The number of imidazole rings is 2. The lowest BCUT2D eigenvalue weighted by Gasteiger charge is -2.37. The van der Waals surface area contributed by atoms with E-state index in [2.05, 4.69) is 45.3 Å². The van der Waals surface area contributed by atoms with Crippen LogP contribution in [-0.4, -0.2) is 117 Å². The van der Waals surface area contributed by atoms with E-state index in [1.807, 2.05) is 92.7 Å². The van der Waals surface area contributed by atoms with E-state index < -0.39 is 58.3 Å². The van der Waals surface area contributed by atoms with Crippen LogP contribution < -0.4 is 30.4 Å². The lowest BCUT2D eigenvalue weighted by atomic mass is 9.80. The van der Waals surface area contributed by atoms with Crippen LogP contribution in [0.1, 0.15) is 66.2 Å². The second-order valence-electron chi connectivity index (χ2n) is 18.4. The molecule has 0 spiro atoms. The van der Waals surface area contributed by atoms with Crippen LogP contribution in [0.4, 0.5) is 11.8 Å². The minimum absolute atomic E-state index is 0.0545. The molecule has 2 aliphatic rings. The van der Waals surface area contributed by atoms with E-state index in [1.54, 1.807) is 53.7 Å². The van der Waals surface area contributed by atoms with E-state index in [0.717, 1.165) is 16.7 Å². The topological polar surface area (TPSA) is 270 Å². The molecule has 5 N–H and O–H groups in total. The molecule has 2 saturated heterocycles. The van der Waals surface area contributed by atoms with Crippen LogP contribution in [0, 0.1) is 5.92 Å². The third-order valence-electron chi connectivity index (χ3n) is 13.1. The van der Waals surface area contributed by atoms with Gasteiger partial charge in [0.25, 0.3) is 11.5 Å². The number of rotatable bonds is 20. The second-order valence-corrected chi connectivity index (χ2v) is 19.8. The van der Waals surface area contributed by atoms with Gasteiger partial charge in [-0.1, -0.05) is 86.6 Å². The fraction of sp³-hybridized carbons (Fsp3) is 0.327. The molecule has 6 atom stereocenters. The van der Waals surface area contributed by atoms with Crippen molar-refractivity contribution in [2.45, 2.75) is 69.2 Å². The third-order valence-corrected chi connectivity index (χ3v) is 14.1. The Morgan fingerprint density at radius 2 is 1.39 bits per heavy atom. The maximum absolute atomic E-state index is 14.2. The predicted octanol–water partition coefficient (Wildman–Crippen LogP) is 5.46. The number of carbonyl (C=O) groups excluding carboxylic acids is 1. The van der Waals surface area contributed by atoms with E-state index in [0.29, 0.717) is 29.3 Å². The van der Waals surface area contributed by atoms with Gasteiger partial charge in [0.2, 0.25) is 5.95 Å². The Morgan fingerprint density at radius 3 is 2.04 bits per heavy atom. The highest BCUT2D eigenvalue weighted by Crippen LogP contribution is 2.43. The first-order valence-corrected chi connectivity index (χ1v) is 25.6. The fourth-order valence-corrected chi connectivity index (χ4v) is 10.3. The third kappa shape index (κ3) is 10.7. The van der Waals surface area contributed by atoms with Gasteiger partial charge in [-0.05, 0) is 59.0 Å². The molecule has 1 amide bonds. The summed E-state index contributed by atoms with van der Waals surface area (Å²) in [6.45, 7) is 3.97. The molecule has 22 nitrogen and oxygen atoms in total. The number of fused-ring (bicyclic) bond motifs is 2. The molecule has 2 aliphatic heterocycles. The van der Waals surface area contributed by atoms with Gasteiger partial charge in [-0.25, -0.2) is 19.9 Å². The summed E-state index contributed by atoms with van der Waals surface area (Å²) < 4.78 is 71.2. The number of methoxy groups -OCH3 is 2. The number of carbonyl (C=O) groups is 1. The summed E-state index contributed by atoms with van der Waals surface area (Å²) in [5.41, 5.74) is 1.73. The SMILES string of the molecule is COc1ccc(C(OC[C@H]2O[C@@H](n3cnc4c(=O)[nH]c(NCC(C)C)nc43)C[C@@H]2OS(=O)(=O)NC[C@H]2O[C@@H](n3cnc4c(NC(=O)c5ccccc5)ncnc43)C[C@@H]2O)(c2ccccc2)c2ccc(OC)cc2)cc1. The molecule has 0 unspecified atom stereocenters. The lowest BCUT2D eigenvalue weighted by molar-refractivity contribution is -0.0898. The van der Waals surface area contributed by atoms with Crippen LogP contribution in [-0.2, 0) is 34.3 Å². The molecule has 10 rings (SSSR count). The van der Waals surface area contributed by atoms with Crippen molar-refractivity contribution in [3.05, 3.63) is 161 Å². The van der Waals surface area contributed by atoms with Crippen molar-refractivity contribution in [1.82, 2.24) is 43.8 Å². The zero-order valence-electron chi connectivity index (χ0n) is 41.3. The number of aliphatic hydroxyl groups excluding tert-OH is 1. The van der Waals surface area contributed by atoms with E-state index in [4.69, 9.17) is 27.9 Å². The van der Waals surface area contributed by atoms with Crippen LogP contribution in [0.2, 0.25) is 0 Å². The highest BCUT2D eigenvalue weighted by atomic mass is 32.2. The average Bonchev–Trinajstić information content (AvgIpc) is 4.25. The minimum atomic E-state index is -4.63. The van der Waals surface area contributed by atoms with Crippen LogP contribution in [0.15, 0.2) is 133 Å². The summed E-state index contributed by atoms with van der Waals surface area (Å²) in [5.74, 6) is 1.52. The number of aliphatic hydroxyl groups is 1. The van der Waals surface area contributed by atoms with Gasteiger partial charge in [-0.3, -0.25) is 27.9 Å². The number of nitrogens with zero attached hydrogens (tertiary/aromatic N) is 7. The zero-order valence-corrected chi connectivity index (χ0v) is 42.1.